The second kappa shape index (κ2) is 9.32. The summed E-state index contributed by atoms with van der Waals surface area (Å²) in [6.45, 7) is 0.166. The zero-order chi connectivity index (χ0) is 23.7. The highest BCUT2D eigenvalue weighted by Gasteiger charge is 2.47. The van der Waals surface area contributed by atoms with Crippen molar-refractivity contribution in [3.8, 4) is 28.4 Å². The van der Waals surface area contributed by atoms with Crippen molar-refractivity contribution in [3.05, 3.63) is 41.5 Å². The zero-order valence-corrected chi connectivity index (χ0v) is 19.7. The summed E-state index contributed by atoms with van der Waals surface area (Å²) in [6.07, 6.45) is 8.88. The lowest BCUT2D eigenvalue weighted by Crippen LogP contribution is -2.45. The molecule has 3 aliphatic rings. The SMILES string of the molecule is COc1c(O)ccc(-c2cccc3c2CCC3=O)c1OCC1(C(=O)OC2CCCCC2)CCC1. The summed E-state index contributed by atoms with van der Waals surface area (Å²) >= 11 is 0. The highest BCUT2D eigenvalue weighted by atomic mass is 16.6. The Balaban J connectivity index is 1.44. The maximum atomic E-state index is 13.2. The van der Waals surface area contributed by atoms with Crippen molar-refractivity contribution in [1.29, 1.82) is 0 Å². The first kappa shape index (κ1) is 22.8. The molecule has 2 saturated carbocycles. The Bertz CT molecular complexity index is 1090. The third-order valence-corrected chi connectivity index (χ3v) is 7.73. The molecule has 0 bridgehead atoms. The lowest BCUT2D eigenvalue weighted by Gasteiger charge is -2.40. The van der Waals surface area contributed by atoms with Gasteiger partial charge in [-0.25, -0.2) is 0 Å². The maximum absolute atomic E-state index is 13.2. The van der Waals surface area contributed by atoms with Crippen molar-refractivity contribution in [2.45, 2.75) is 70.3 Å². The van der Waals surface area contributed by atoms with Crippen molar-refractivity contribution in [3.63, 3.8) is 0 Å². The van der Waals surface area contributed by atoms with Crippen LogP contribution < -0.4 is 9.47 Å². The van der Waals surface area contributed by atoms with Gasteiger partial charge in [0.25, 0.3) is 0 Å². The molecule has 0 heterocycles. The van der Waals surface area contributed by atoms with Crippen LogP contribution in [0.5, 0.6) is 17.2 Å². The first-order valence-corrected chi connectivity index (χ1v) is 12.4. The van der Waals surface area contributed by atoms with Crippen LogP contribution >= 0.6 is 0 Å². The molecule has 1 N–H and O–H groups in total. The summed E-state index contributed by atoms with van der Waals surface area (Å²) in [5, 5.41) is 10.5. The van der Waals surface area contributed by atoms with E-state index in [-0.39, 0.29) is 36.0 Å². The topological polar surface area (TPSA) is 82.1 Å². The number of phenols is 1. The molecule has 0 atom stereocenters. The molecule has 180 valence electrons. The number of hydrogen-bond acceptors (Lipinski definition) is 6. The number of methoxy groups -OCH3 is 1. The minimum atomic E-state index is -0.667. The average molecular weight is 465 g/mol. The van der Waals surface area contributed by atoms with Gasteiger partial charge in [-0.05, 0) is 68.2 Å². The number of rotatable bonds is 7. The first-order chi connectivity index (χ1) is 16.5. The van der Waals surface area contributed by atoms with Gasteiger partial charge in [-0.3, -0.25) is 9.59 Å². The second-order valence-electron chi connectivity index (χ2n) is 9.84. The fourth-order valence-electron chi connectivity index (χ4n) is 5.53. The van der Waals surface area contributed by atoms with E-state index in [1.807, 2.05) is 18.2 Å². The van der Waals surface area contributed by atoms with Crippen LogP contribution in [-0.4, -0.2) is 36.7 Å². The molecule has 6 nitrogen and oxygen atoms in total. The van der Waals surface area contributed by atoms with E-state index in [9.17, 15) is 14.7 Å². The van der Waals surface area contributed by atoms with Crippen molar-refractivity contribution in [2.24, 2.45) is 5.41 Å². The van der Waals surface area contributed by atoms with Crippen molar-refractivity contribution < 1.29 is 28.9 Å². The van der Waals surface area contributed by atoms with Crippen LogP contribution in [0.1, 0.15) is 73.7 Å². The van der Waals surface area contributed by atoms with E-state index in [4.69, 9.17) is 14.2 Å². The summed E-state index contributed by atoms with van der Waals surface area (Å²) in [4.78, 5) is 25.5. The number of ketones is 1. The Morgan fingerprint density at radius 2 is 1.74 bits per heavy atom. The molecule has 2 aromatic rings. The molecule has 0 radical (unpaired) electrons. The van der Waals surface area contributed by atoms with E-state index in [0.29, 0.717) is 18.6 Å². The van der Waals surface area contributed by atoms with Crippen LogP contribution in [0.25, 0.3) is 11.1 Å². The monoisotopic (exact) mass is 464 g/mol. The van der Waals surface area contributed by atoms with E-state index < -0.39 is 5.41 Å². The molecule has 0 aromatic heterocycles. The van der Waals surface area contributed by atoms with Crippen molar-refractivity contribution in [1.82, 2.24) is 0 Å². The van der Waals surface area contributed by atoms with Gasteiger partial charge in [-0.15, -0.1) is 0 Å². The molecule has 0 spiro atoms. The number of benzene rings is 2. The first-order valence-electron chi connectivity index (χ1n) is 12.4. The highest BCUT2D eigenvalue weighted by Crippen LogP contribution is 2.49. The Morgan fingerprint density at radius 1 is 0.971 bits per heavy atom. The fraction of sp³-hybridized carbons (Fsp3) is 0.500. The molecule has 6 heteroatoms. The average Bonchev–Trinajstić information content (AvgIpc) is 3.20. The van der Waals surface area contributed by atoms with E-state index >= 15 is 0 Å². The number of ether oxygens (including phenoxy) is 3. The summed E-state index contributed by atoms with van der Waals surface area (Å²) in [6, 6.07) is 9.06. The minimum Gasteiger partial charge on any atom is -0.504 e. The minimum absolute atomic E-state index is 0.00837. The summed E-state index contributed by atoms with van der Waals surface area (Å²) < 4.78 is 17.8. The number of esters is 1. The quantitative estimate of drug-likeness (QED) is 0.536. The van der Waals surface area contributed by atoms with Crippen LogP contribution in [0.4, 0.5) is 0 Å². The molecular formula is C28H32O6. The predicted octanol–water partition coefficient (Wildman–Crippen LogP) is 5.62. The van der Waals surface area contributed by atoms with E-state index in [2.05, 4.69) is 0 Å². The highest BCUT2D eigenvalue weighted by molar-refractivity contribution is 6.02. The fourth-order valence-corrected chi connectivity index (χ4v) is 5.53. The molecule has 2 fully saturated rings. The van der Waals surface area contributed by atoms with Crippen LogP contribution in [-0.2, 0) is 16.0 Å². The van der Waals surface area contributed by atoms with E-state index in [1.165, 1.54) is 13.5 Å². The number of phenolic OH excluding ortho intramolecular Hbond substituents is 1. The van der Waals surface area contributed by atoms with Crippen LogP contribution in [0.2, 0.25) is 0 Å². The summed E-state index contributed by atoms with van der Waals surface area (Å²) in [7, 11) is 1.49. The third kappa shape index (κ3) is 4.04. The molecule has 0 saturated heterocycles. The lowest BCUT2D eigenvalue weighted by molar-refractivity contribution is -0.171. The van der Waals surface area contributed by atoms with E-state index in [0.717, 1.165) is 67.2 Å². The number of carbonyl (C=O) groups is 2. The van der Waals surface area contributed by atoms with Gasteiger partial charge in [0.2, 0.25) is 5.75 Å². The Labute approximate surface area is 200 Å². The number of Topliss-reactive ketones (excluding diaryl/α,β-unsaturated/α-hetero) is 1. The third-order valence-electron chi connectivity index (χ3n) is 7.73. The van der Waals surface area contributed by atoms with Gasteiger partial charge in [0.15, 0.2) is 17.3 Å². The number of hydrogen-bond donors (Lipinski definition) is 1. The maximum Gasteiger partial charge on any atom is 0.315 e. The van der Waals surface area contributed by atoms with Crippen molar-refractivity contribution in [2.75, 3.05) is 13.7 Å². The van der Waals surface area contributed by atoms with Crippen LogP contribution in [0.3, 0.4) is 0 Å². The number of carbonyl (C=O) groups excluding carboxylic acids is 2. The zero-order valence-electron chi connectivity index (χ0n) is 19.7. The Hall–Kier alpha value is -3.02. The van der Waals surface area contributed by atoms with Crippen LogP contribution in [0.15, 0.2) is 30.3 Å². The number of fused-ring (bicyclic) bond motifs is 1. The van der Waals surface area contributed by atoms with Crippen LogP contribution in [0, 0.1) is 5.41 Å². The van der Waals surface area contributed by atoms with E-state index in [1.54, 1.807) is 12.1 Å². The standard InChI is InChI=1S/C28H32O6/c1-32-26-24(30)14-12-22(19-9-5-10-21-20(19)11-13-23(21)29)25(26)33-17-28(15-6-16-28)27(31)34-18-7-3-2-4-8-18/h5,9-10,12,14,18,30H,2-4,6-8,11,13,15-17H2,1H3. The lowest BCUT2D eigenvalue weighted by atomic mass is 9.69. The molecule has 2 aromatic carbocycles. The summed E-state index contributed by atoms with van der Waals surface area (Å²) in [5.74, 6) is 0.570. The Morgan fingerprint density at radius 3 is 2.44 bits per heavy atom. The molecule has 0 amide bonds. The van der Waals surface area contributed by atoms with Crippen molar-refractivity contribution >= 4 is 11.8 Å². The molecule has 5 rings (SSSR count). The van der Waals surface area contributed by atoms with Gasteiger partial charge >= 0.3 is 5.97 Å². The second-order valence-corrected chi connectivity index (χ2v) is 9.84. The van der Waals surface area contributed by atoms with Gasteiger partial charge in [-0.2, -0.15) is 0 Å². The Kier molecular flexibility index (Phi) is 6.24. The van der Waals surface area contributed by atoms with Gasteiger partial charge in [0.1, 0.15) is 18.1 Å². The normalized spacial score (nSPS) is 19.3. The van der Waals surface area contributed by atoms with Gasteiger partial charge in [0, 0.05) is 17.5 Å². The molecule has 34 heavy (non-hydrogen) atoms. The molecule has 0 aliphatic heterocycles. The van der Waals surface area contributed by atoms with Gasteiger partial charge in [-0.1, -0.05) is 31.0 Å². The predicted molar refractivity (Wildman–Crippen MR) is 127 cm³/mol. The smallest absolute Gasteiger partial charge is 0.315 e. The molecular weight excluding hydrogens is 432 g/mol. The number of aromatic hydroxyl groups is 1. The molecule has 0 unspecified atom stereocenters. The largest absolute Gasteiger partial charge is 0.504 e. The van der Waals surface area contributed by atoms with Gasteiger partial charge < -0.3 is 19.3 Å². The van der Waals surface area contributed by atoms with Gasteiger partial charge in [0.05, 0.1) is 7.11 Å². The molecule has 3 aliphatic carbocycles. The summed E-state index contributed by atoms with van der Waals surface area (Å²) in [5.41, 5.74) is 2.70.